The zero-order valence-electron chi connectivity index (χ0n) is 11.1. The molecule has 0 fully saturated rings. The van der Waals surface area contributed by atoms with Crippen molar-refractivity contribution in [1.82, 2.24) is 4.98 Å². The van der Waals surface area contributed by atoms with Crippen LogP contribution in [0.5, 0.6) is 0 Å². The highest BCUT2D eigenvalue weighted by atomic mass is 14.7. The Balaban J connectivity index is 2.33. The Labute approximate surface area is 111 Å². The van der Waals surface area contributed by atoms with Gasteiger partial charge < -0.3 is 4.98 Å². The van der Waals surface area contributed by atoms with Crippen molar-refractivity contribution in [2.45, 2.75) is 13.8 Å². The lowest BCUT2D eigenvalue weighted by atomic mass is 10.0. The van der Waals surface area contributed by atoms with Crippen LogP contribution >= 0.6 is 0 Å². The maximum atomic E-state index is 3.61. The molecule has 0 bridgehead atoms. The van der Waals surface area contributed by atoms with Crippen LogP contribution in [0.25, 0.3) is 32.6 Å². The summed E-state index contributed by atoms with van der Waals surface area (Å²) in [4.78, 5) is 3.61. The number of aromatic nitrogens is 1. The number of fused-ring (bicyclic) bond motifs is 4. The average Bonchev–Trinajstić information content (AvgIpc) is 2.80. The number of nitrogens with one attached hydrogen (secondary N) is 1. The van der Waals surface area contributed by atoms with E-state index in [-0.39, 0.29) is 0 Å². The second kappa shape index (κ2) is 3.61. The van der Waals surface area contributed by atoms with E-state index in [2.05, 4.69) is 67.4 Å². The Morgan fingerprint density at radius 3 is 2.42 bits per heavy atom. The molecule has 1 heterocycles. The number of aromatic amines is 1. The molecule has 0 aliphatic carbocycles. The predicted octanol–water partition coefficient (Wildman–Crippen LogP) is 5.09. The molecule has 0 amide bonds. The van der Waals surface area contributed by atoms with E-state index in [0.29, 0.717) is 0 Å². The molecule has 1 N–H and O–H groups in total. The van der Waals surface area contributed by atoms with E-state index in [0.717, 1.165) is 0 Å². The van der Waals surface area contributed by atoms with Crippen molar-refractivity contribution in [3.05, 3.63) is 59.7 Å². The summed E-state index contributed by atoms with van der Waals surface area (Å²) >= 11 is 0. The minimum Gasteiger partial charge on any atom is -0.354 e. The third-order valence-corrected chi connectivity index (χ3v) is 4.12. The molecule has 4 rings (SSSR count). The number of aryl methyl sites for hydroxylation is 2. The van der Waals surface area contributed by atoms with Crippen molar-refractivity contribution >= 4 is 32.6 Å². The van der Waals surface area contributed by atoms with Gasteiger partial charge in [0.2, 0.25) is 0 Å². The summed E-state index contributed by atoms with van der Waals surface area (Å²) < 4.78 is 0. The zero-order valence-corrected chi connectivity index (χ0v) is 11.1. The van der Waals surface area contributed by atoms with Gasteiger partial charge in [0.05, 0.1) is 5.52 Å². The SMILES string of the molecule is Cc1cccc2c1[nH]c1c(C)c3ccccc3cc12. The molecular formula is C18H15N. The standard InChI is InChI=1S/C18H15N/c1-11-6-5-9-15-16-10-13-7-3-4-8-14(13)12(2)18(16)19-17(11)15/h3-10,19H,1-2H3. The van der Waals surface area contributed by atoms with Crippen LogP contribution in [0.15, 0.2) is 48.5 Å². The second-order valence-electron chi connectivity index (χ2n) is 5.27. The molecule has 92 valence electrons. The van der Waals surface area contributed by atoms with Gasteiger partial charge in [-0.25, -0.2) is 0 Å². The summed E-state index contributed by atoms with van der Waals surface area (Å²) in [6, 6.07) is 17.4. The molecule has 0 saturated carbocycles. The number of hydrogen-bond donors (Lipinski definition) is 1. The highest BCUT2D eigenvalue weighted by Gasteiger charge is 2.10. The van der Waals surface area contributed by atoms with E-state index in [1.807, 2.05) is 0 Å². The second-order valence-corrected chi connectivity index (χ2v) is 5.27. The van der Waals surface area contributed by atoms with Crippen molar-refractivity contribution in [3.63, 3.8) is 0 Å². The van der Waals surface area contributed by atoms with Crippen molar-refractivity contribution in [1.29, 1.82) is 0 Å². The van der Waals surface area contributed by atoms with Gasteiger partial charge in [-0.3, -0.25) is 0 Å². The summed E-state index contributed by atoms with van der Waals surface area (Å²) in [7, 11) is 0. The van der Waals surface area contributed by atoms with E-state index in [4.69, 9.17) is 0 Å². The monoisotopic (exact) mass is 245 g/mol. The lowest BCUT2D eigenvalue weighted by Gasteiger charge is -2.03. The first-order chi connectivity index (χ1) is 9.25. The fraction of sp³-hybridized carbons (Fsp3) is 0.111. The average molecular weight is 245 g/mol. The maximum absolute atomic E-state index is 3.61. The molecule has 1 heteroatoms. The highest BCUT2D eigenvalue weighted by Crippen LogP contribution is 2.33. The van der Waals surface area contributed by atoms with E-state index in [9.17, 15) is 0 Å². The van der Waals surface area contributed by atoms with Crippen LogP contribution in [-0.4, -0.2) is 4.98 Å². The van der Waals surface area contributed by atoms with Gasteiger partial charge in [-0.1, -0.05) is 42.5 Å². The van der Waals surface area contributed by atoms with Crippen LogP contribution in [0, 0.1) is 13.8 Å². The Morgan fingerprint density at radius 2 is 1.53 bits per heavy atom. The van der Waals surface area contributed by atoms with Crippen LogP contribution in [0.4, 0.5) is 0 Å². The van der Waals surface area contributed by atoms with E-state index in [1.54, 1.807) is 0 Å². The number of hydrogen-bond acceptors (Lipinski definition) is 0. The minimum absolute atomic E-state index is 1.26. The summed E-state index contributed by atoms with van der Waals surface area (Å²) in [5.41, 5.74) is 5.17. The summed E-state index contributed by atoms with van der Waals surface area (Å²) in [6.45, 7) is 4.36. The van der Waals surface area contributed by atoms with Gasteiger partial charge in [0.1, 0.15) is 0 Å². The van der Waals surface area contributed by atoms with E-state index >= 15 is 0 Å². The molecule has 0 aliphatic heterocycles. The molecule has 0 spiro atoms. The third kappa shape index (κ3) is 1.36. The van der Waals surface area contributed by atoms with Crippen LogP contribution < -0.4 is 0 Å². The molecule has 0 unspecified atom stereocenters. The Morgan fingerprint density at radius 1 is 0.737 bits per heavy atom. The summed E-state index contributed by atoms with van der Waals surface area (Å²) in [5.74, 6) is 0. The van der Waals surface area contributed by atoms with Crippen molar-refractivity contribution in [3.8, 4) is 0 Å². The molecular weight excluding hydrogens is 230 g/mol. The number of para-hydroxylation sites is 1. The lowest BCUT2D eigenvalue weighted by Crippen LogP contribution is -1.80. The first-order valence-corrected chi connectivity index (χ1v) is 6.65. The van der Waals surface area contributed by atoms with Crippen molar-refractivity contribution < 1.29 is 0 Å². The summed E-state index contributed by atoms with van der Waals surface area (Å²) in [5, 5.41) is 5.30. The van der Waals surface area contributed by atoms with Gasteiger partial charge in [-0.15, -0.1) is 0 Å². The van der Waals surface area contributed by atoms with E-state index in [1.165, 1.54) is 43.7 Å². The Bertz CT molecular complexity index is 929. The fourth-order valence-corrected chi connectivity index (χ4v) is 3.09. The number of benzene rings is 3. The topological polar surface area (TPSA) is 15.8 Å². The molecule has 0 aliphatic rings. The maximum Gasteiger partial charge on any atom is 0.0501 e. The lowest BCUT2D eigenvalue weighted by molar-refractivity contribution is 1.43. The first kappa shape index (κ1) is 10.6. The first-order valence-electron chi connectivity index (χ1n) is 6.65. The van der Waals surface area contributed by atoms with Crippen LogP contribution in [0.2, 0.25) is 0 Å². The molecule has 0 atom stereocenters. The molecule has 4 aromatic rings. The smallest absolute Gasteiger partial charge is 0.0501 e. The molecule has 1 aromatic heterocycles. The highest BCUT2D eigenvalue weighted by molar-refractivity contribution is 6.14. The molecule has 19 heavy (non-hydrogen) atoms. The van der Waals surface area contributed by atoms with Gasteiger partial charge in [-0.05, 0) is 41.8 Å². The van der Waals surface area contributed by atoms with Crippen molar-refractivity contribution in [2.75, 3.05) is 0 Å². The fourth-order valence-electron chi connectivity index (χ4n) is 3.09. The normalized spacial score (nSPS) is 11.7. The van der Waals surface area contributed by atoms with Crippen molar-refractivity contribution in [2.24, 2.45) is 0 Å². The van der Waals surface area contributed by atoms with Gasteiger partial charge in [0.25, 0.3) is 0 Å². The molecule has 1 nitrogen and oxygen atoms in total. The van der Waals surface area contributed by atoms with Gasteiger partial charge >= 0.3 is 0 Å². The predicted molar refractivity (Wildman–Crippen MR) is 82.8 cm³/mol. The summed E-state index contributed by atoms with van der Waals surface area (Å²) in [6.07, 6.45) is 0. The Kier molecular flexibility index (Phi) is 2.02. The number of rotatable bonds is 0. The Hall–Kier alpha value is -2.28. The van der Waals surface area contributed by atoms with E-state index < -0.39 is 0 Å². The minimum atomic E-state index is 1.26. The van der Waals surface area contributed by atoms with Gasteiger partial charge in [0.15, 0.2) is 0 Å². The molecule has 0 radical (unpaired) electrons. The van der Waals surface area contributed by atoms with Crippen LogP contribution in [0.1, 0.15) is 11.1 Å². The number of H-pyrrole nitrogens is 1. The van der Waals surface area contributed by atoms with Crippen LogP contribution in [0.3, 0.4) is 0 Å². The molecule has 0 saturated heterocycles. The van der Waals surface area contributed by atoms with Crippen LogP contribution in [-0.2, 0) is 0 Å². The third-order valence-electron chi connectivity index (χ3n) is 4.12. The van der Waals surface area contributed by atoms with Gasteiger partial charge in [0, 0.05) is 16.3 Å². The zero-order chi connectivity index (χ0) is 13.0. The van der Waals surface area contributed by atoms with Gasteiger partial charge in [-0.2, -0.15) is 0 Å². The quantitative estimate of drug-likeness (QED) is 0.444. The molecule has 3 aromatic carbocycles. The largest absolute Gasteiger partial charge is 0.354 e.